The van der Waals surface area contributed by atoms with E-state index in [9.17, 15) is 4.79 Å². The second kappa shape index (κ2) is 5.71. The van der Waals surface area contributed by atoms with Crippen molar-refractivity contribution >= 4 is 6.09 Å². The molecule has 3 heteroatoms. The van der Waals surface area contributed by atoms with Crippen molar-refractivity contribution in [1.82, 2.24) is 5.32 Å². The normalized spacial score (nSPS) is 12.9. The van der Waals surface area contributed by atoms with Gasteiger partial charge in [-0.2, -0.15) is 0 Å². The Bertz CT molecular complexity index is 354. The SMILES string of the molecule is CCC(OC(=O)NC(C)(C)C)c1ccccc1. The van der Waals surface area contributed by atoms with Gasteiger partial charge in [-0.3, -0.25) is 0 Å². The molecule has 94 valence electrons. The van der Waals surface area contributed by atoms with E-state index >= 15 is 0 Å². The Labute approximate surface area is 103 Å². The molecule has 1 N–H and O–H groups in total. The van der Waals surface area contributed by atoms with E-state index in [-0.39, 0.29) is 17.7 Å². The number of hydrogen-bond donors (Lipinski definition) is 1. The zero-order chi connectivity index (χ0) is 12.9. The number of benzene rings is 1. The second-order valence-electron chi connectivity index (χ2n) is 5.09. The van der Waals surface area contributed by atoms with Crippen LogP contribution in [0, 0.1) is 0 Å². The Morgan fingerprint density at radius 3 is 2.35 bits per heavy atom. The Morgan fingerprint density at radius 1 is 1.29 bits per heavy atom. The van der Waals surface area contributed by atoms with Gasteiger partial charge in [0.2, 0.25) is 0 Å². The average Bonchev–Trinajstić information content (AvgIpc) is 2.24. The predicted molar refractivity (Wildman–Crippen MR) is 68.8 cm³/mol. The molecular weight excluding hydrogens is 214 g/mol. The highest BCUT2D eigenvalue weighted by Crippen LogP contribution is 2.20. The molecule has 0 aromatic heterocycles. The zero-order valence-corrected chi connectivity index (χ0v) is 11.0. The second-order valence-corrected chi connectivity index (χ2v) is 5.09. The van der Waals surface area contributed by atoms with Gasteiger partial charge >= 0.3 is 6.09 Å². The first-order chi connectivity index (χ1) is 7.92. The van der Waals surface area contributed by atoms with Gasteiger partial charge in [0.15, 0.2) is 0 Å². The van der Waals surface area contributed by atoms with Crippen LogP contribution >= 0.6 is 0 Å². The van der Waals surface area contributed by atoms with Gasteiger partial charge in [0.05, 0.1) is 0 Å². The summed E-state index contributed by atoms with van der Waals surface area (Å²) < 4.78 is 5.41. The molecule has 0 saturated heterocycles. The molecule has 1 aromatic carbocycles. The molecule has 1 amide bonds. The molecule has 0 aliphatic heterocycles. The zero-order valence-electron chi connectivity index (χ0n) is 11.0. The van der Waals surface area contributed by atoms with Gasteiger partial charge in [0, 0.05) is 5.54 Å². The van der Waals surface area contributed by atoms with Crippen LogP contribution in [0.25, 0.3) is 0 Å². The molecule has 0 bridgehead atoms. The highest BCUT2D eigenvalue weighted by molar-refractivity contribution is 5.68. The molecule has 0 heterocycles. The van der Waals surface area contributed by atoms with Crippen LogP contribution in [-0.4, -0.2) is 11.6 Å². The van der Waals surface area contributed by atoms with Crippen molar-refractivity contribution in [1.29, 1.82) is 0 Å². The summed E-state index contributed by atoms with van der Waals surface area (Å²) >= 11 is 0. The third kappa shape index (κ3) is 4.89. The quantitative estimate of drug-likeness (QED) is 0.868. The molecule has 0 fully saturated rings. The largest absolute Gasteiger partial charge is 0.441 e. The molecule has 0 saturated carbocycles. The van der Waals surface area contributed by atoms with Crippen molar-refractivity contribution in [3.8, 4) is 0 Å². The maximum absolute atomic E-state index is 11.7. The van der Waals surface area contributed by atoms with Gasteiger partial charge in [-0.05, 0) is 32.8 Å². The average molecular weight is 235 g/mol. The summed E-state index contributed by atoms with van der Waals surface area (Å²) in [4.78, 5) is 11.7. The molecule has 17 heavy (non-hydrogen) atoms. The number of carbonyl (C=O) groups is 1. The smallest absolute Gasteiger partial charge is 0.408 e. The van der Waals surface area contributed by atoms with E-state index < -0.39 is 0 Å². The summed E-state index contributed by atoms with van der Waals surface area (Å²) in [5.41, 5.74) is 0.755. The van der Waals surface area contributed by atoms with E-state index in [0.29, 0.717) is 0 Å². The first kappa shape index (κ1) is 13.6. The highest BCUT2D eigenvalue weighted by atomic mass is 16.6. The summed E-state index contributed by atoms with van der Waals surface area (Å²) in [5.74, 6) is 0. The van der Waals surface area contributed by atoms with Crippen molar-refractivity contribution in [2.24, 2.45) is 0 Å². The minimum Gasteiger partial charge on any atom is -0.441 e. The molecule has 0 aliphatic rings. The number of amides is 1. The van der Waals surface area contributed by atoms with Crippen LogP contribution in [-0.2, 0) is 4.74 Å². The summed E-state index contributed by atoms with van der Waals surface area (Å²) in [6.45, 7) is 7.79. The van der Waals surface area contributed by atoms with Gasteiger partial charge in [0.25, 0.3) is 0 Å². The Morgan fingerprint density at radius 2 is 1.88 bits per heavy atom. The Balaban J connectivity index is 2.62. The third-order valence-corrected chi connectivity index (χ3v) is 2.27. The van der Waals surface area contributed by atoms with Crippen LogP contribution in [0.1, 0.15) is 45.8 Å². The number of nitrogens with one attached hydrogen (secondary N) is 1. The van der Waals surface area contributed by atoms with E-state index in [4.69, 9.17) is 4.74 Å². The van der Waals surface area contributed by atoms with Gasteiger partial charge in [-0.25, -0.2) is 4.79 Å². The fourth-order valence-electron chi connectivity index (χ4n) is 1.52. The van der Waals surface area contributed by atoms with Crippen LogP contribution < -0.4 is 5.32 Å². The van der Waals surface area contributed by atoms with Gasteiger partial charge in [-0.15, -0.1) is 0 Å². The number of carbonyl (C=O) groups excluding carboxylic acids is 1. The molecule has 0 aliphatic carbocycles. The number of hydrogen-bond acceptors (Lipinski definition) is 2. The standard InChI is InChI=1S/C14H21NO2/c1-5-12(11-9-7-6-8-10-11)17-13(16)15-14(2,3)4/h6-10,12H,5H2,1-4H3,(H,15,16). The number of rotatable bonds is 3. The lowest BCUT2D eigenvalue weighted by Crippen LogP contribution is -2.41. The van der Waals surface area contributed by atoms with E-state index in [1.165, 1.54) is 0 Å². The Hall–Kier alpha value is -1.51. The summed E-state index contributed by atoms with van der Waals surface area (Å²) in [6.07, 6.45) is 0.216. The lowest BCUT2D eigenvalue weighted by Gasteiger charge is -2.23. The minimum atomic E-state index is -0.367. The molecule has 1 aromatic rings. The highest BCUT2D eigenvalue weighted by Gasteiger charge is 2.19. The monoisotopic (exact) mass is 235 g/mol. The lowest BCUT2D eigenvalue weighted by atomic mass is 10.1. The lowest BCUT2D eigenvalue weighted by molar-refractivity contribution is 0.0889. The van der Waals surface area contributed by atoms with Crippen LogP contribution in [0.15, 0.2) is 30.3 Å². The predicted octanol–water partition coefficient (Wildman–Crippen LogP) is 3.66. The molecule has 1 atom stereocenters. The fourth-order valence-corrected chi connectivity index (χ4v) is 1.52. The molecule has 3 nitrogen and oxygen atoms in total. The summed E-state index contributed by atoms with van der Waals surface area (Å²) in [7, 11) is 0. The van der Waals surface area contributed by atoms with Gasteiger partial charge < -0.3 is 10.1 Å². The van der Waals surface area contributed by atoms with E-state index in [1.807, 2.05) is 58.0 Å². The molecule has 0 radical (unpaired) electrons. The number of alkyl carbamates (subject to hydrolysis) is 1. The fraction of sp³-hybridized carbons (Fsp3) is 0.500. The van der Waals surface area contributed by atoms with Crippen molar-refractivity contribution in [3.05, 3.63) is 35.9 Å². The summed E-state index contributed by atoms with van der Waals surface area (Å²) in [6, 6.07) is 9.79. The van der Waals surface area contributed by atoms with Crippen molar-refractivity contribution in [2.45, 2.75) is 45.8 Å². The van der Waals surface area contributed by atoms with E-state index in [1.54, 1.807) is 0 Å². The molecule has 0 spiro atoms. The maximum Gasteiger partial charge on any atom is 0.408 e. The molecule has 1 rings (SSSR count). The van der Waals surface area contributed by atoms with E-state index in [0.717, 1.165) is 12.0 Å². The molecule has 1 unspecified atom stereocenters. The topological polar surface area (TPSA) is 38.3 Å². The number of ether oxygens (including phenoxy) is 1. The van der Waals surface area contributed by atoms with Crippen LogP contribution in [0.5, 0.6) is 0 Å². The first-order valence-electron chi connectivity index (χ1n) is 5.96. The van der Waals surface area contributed by atoms with E-state index in [2.05, 4.69) is 5.32 Å². The van der Waals surface area contributed by atoms with Crippen molar-refractivity contribution in [2.75, 3.05) is 0 Å². The molecular formula is C14H21NO2. The van der Waals surface area contributed by atoms with Gasteiger partial charge in [-0.1, -0.05) is 37.3 Å². The minimum absolute atomic E-state index is 0.182. The first-order valence-corrected chi connectivity index (χ1v) is 5.96. The van der Waals surface area contributed by atoms with Crippen molar-refractivity contribution in [3.63, 3.8) is 0 Å². The van der Waals surface area contributed by atoms with Crippen molar-refractivity contribution < 1.29 is 9.53 Å². The Kier molecular flexibility index (Phi) is 4.55. The van der Waals surface area contributed by atoms with Crippen LogP contribution in [0.3, 0.4) is 0 Å². The third-order valence-electron chi connectivity index (χ3n) is 2.27. The summed E-state index contributed by atoms with van der Waals surface area (Å²) in [5, 5.41) is 2.79. The van der Waals surface area contributed by atoms with Crippen LogP contribution in [0.4, 0.5) is 4.79 Å². The maximum atomic E-state index is 11.7. The van der Waals surface area contributed by atoms with Crippen LogP contribution in [0.2, 0.25) is 0 Å². The van der Waals surface area contributed by atoms with Gasteiger partial charge in [0.1, 0.15) is 6.10 Å².